The number of nitrogens with two attached hydrogens (primary N) is 2. The average molecular weight is 843 g/mol. The zero-order valence-corrected chi connectivity index (χ0v) is 35.4. The van der Waals surface area contributed by atoms with Crippen molar-refractivity contribution in [1.29, 1.82) is 0 Å². The van der Waals surface area contributed by atoms with E-state index in [4.69, 9.17) is 34.7 Å². The molecule has 4 heterocycles. The van der Waals surface area contributed by atoms with E-state index < -0.39 is 39.7 Å². The number of anilines is 2. The summed E-state index contributed by atoms with van der Waals surface area (Å²) < 4.78 is 53.4. The molecule has 0 saturated carbocycles. The lowest BCUT2D eigenvalue weighted by atomic mass is 10.1. The molecule has 0 bridgehead atoms. The van der Waals surface area contributed by atoms with Gasteiger partial charge in [-0.3, -0.25) is 13.7 Å². The number of unbranched alkanes of at least 4 members (excludes halogenated alkanes) is 11. The van der Waals surface area contributed by atoms with Gasteiger partial charge in [0.2, 0.25) is 7.37 Å². The zero-order valence-electron chi connectivity index (χ0n) is 33.6. The number of ether oxygens (including phenoxy) is 3. The van der Waals surface area contributed by atoms with E-state index in [1.807, 2.05) is 4.57 Å². The first-order valence-corrected chi connectivity index (χ1v) is 23.9. The Morgan fingerprint density at radius 1 is 1.00 bits per heavy atom. The minimum Gasteiger partial charge on any atom is -0.394 e. The number of nitrogens with zero attached hydrogens (tertiary/aromatic N) is 6. The highest BCUT2D eigenvalue weighted by atomic mass is 31.2. The molecule has 2 unspecified atom stereocenters. The van der Waals surface area contributed by atoms with Crippen LogP contribution >= 0.6 is 15.0 Å². The van der Waals surface area contributed by atoms with Crippen LogP contribution in [0, 0.1) is 0 Å². The first kappa shape index (κ1) is 48.3. The number of allylic oxidation sites excluding steroid dienone is 2. The predicted molar refractivity (Wildman–Crippen MR) is 220 cm³/mol. The predicted octanol–water partition coefficient (Wildman–Crippen LogP) is 5.72. The monoisotopic (exact) mass is 842 g/mol. The Morgan fingerprint density at radius 2 is 1.70 bits per heavy atom. The molecule has 0 aliphatic carbocycles. The van der Waals surface area contributed by atoms with E-state index in [1.165, 1.54) is 87.4 Å². The van der Waals surface area contributed by atoms with Crippen molar-refractivity contribution in [3.63, 3.8) is 0 Å². The molecule has 1 saturated heterocycles. The lowest BCUT2D eigenvalue weighted by molar-refractivity contribution is 0.00508. The summed E-state index contributed by atoms with van der Waals surface area (Å²) in [4.78, 5) is 37.5. The van der Waals surface area contributed by atoms with Crippen LogP contribution in [0.15, 0.2) is 41.9 Å². The second-order valence-corrected chi connectivity index (χ2v) is 18.4. The molecule has 4 rings (SSSR count). The van der Waals surface area contributed by atoms with Crippen molar-refractivity contribution in [3.8, 4) is 0 Å². The van der Waals surface area contributed by atoms with Gasteiger partial charge < -0.3 is 49.3 Å². The number of aliphatic hydroxyl groups is 1. The van der Waals surface area contributed by atoms with Crippen LogP contribution in [-0.2, 0) is 45.5 Å². The highest BCUT2D eigenvalue weighted by molar-refractivity contribution is 7.58. The van der Waals surface area contributed by atoms with E-state index in [1.54, 1.807) is 13.0 Å². The topological polar surface area (TPSA) is 251 Å². The second kappa shape index (κ2) is 26.9. The van der Waals surface area contributed by atoms with E-state index in [9.17, 15) is 23.9 Å². The standard InChI is InChI=1S/C27H50N3O7P.C10H14N5O3P/c1-2-3-4-5-6-7-8-9-10-11-12-13-14-15-16-19-35-20-21-37-38(33,34)24-36-25(23-31)22-30-18-17-26(28)29-27(30)32;1-19(16)6-17-7(3-18-19)2-15-5-14-8-9(11)12-4-13-10(8)15/h9-10,17-18,25,31H,2-8,11-16,19-24H2,1H3,(H,33,34)(H2,28,29,32);4-5,7H,2-3,6H2,1H3,(H2,11,12,13)/b10-9+;/t25-;7-,19?/m00/s1. The molecule has 18 nitrogen and oxygen atoms in total. The van der Waals surface area contributed by atoms with E-state index in [-0.39, 0.29) is 38.0 Å². The highest BCUT2D eigenvalue weighted by Gasteiger charge is 2.28. The summed E-state index contributed by atoms with van der Waals surface area (Å²) in [5.74, 6) is 0.433. The fraction of sp³-hybridized carbons (Fsp3) is 0.703. The molecule has 3 aromatic rings. The molecule has 4 atom stereocenters. The van der Waals surface area contributed by atoms with Gasteiger partial charge in [0, 0.05) is 19.5 Å². The first-order valence-electron chi connectivity index (χ1n) is 19.9. The van der Waals surface area contributed by atoms with Gasteiger partial charge >= 0.3 is 13.3 Å². The number of fused-ring (bicyclic) bond motifs is 1. The van der Waals surface area contributed by atoms with Crippen LogP contribution in [0.25, 0.3) is 11.2 Å². The van der Waals surface area contributed by atoms with Crippen molar-refractivity contribution >= 4 is 37.8 Å². The SMILES string of the molecule is CCCCCCCC/C=C/CCCCCCCOCCOP(=O)(O)CO[C@H](CO)Cn1ccc(N)nc1=O.CP1(=O)CO[C@@H](Cn2cnc3c(N)ncnc32)CO1. The summed E-state index contributed by atoms with van der Waals surface area (Å²) >= 11 is 0. The van der Waals surface area contributed by atoms with Crippen LogP contribution in [-0.4, -0.2) is 104 Å². The maximum atomic E-state index is 12.1. The van der Waals surface area contributed by atoms with Crippen LogP contribution in [0.5, 0.6) is 0 Å². The van der Waals surface area contributed by atoms with Gasteiger partial charge in [0.15, 0.2) is 11.5 Å². The number of rotatable bonds is 27. The second-order valence-electron chi connectivity index (χ2n) is 14.1. The van der Waals surface area contributed by atoms with Crippen LogP contribution < -0.4 is 17.2 Å². The summed E-state index contributed by atoms with van der Waals surface area (Å²) in [6, 6.07) is 1.44. The maximum Gasteiger partial charge on any atom is 0.353 e. The molecule has 20 heteroatoms. The van der Waals surface area contributed by atoms with Crippen LogP contribution in [0.3, 0.4) is 0 Å². The number of imidazole rings is 1. The maximum absolute atomic E-state index is 12.1. The molecule has 1 aliphatic heterocycles. The zero-order chi connectivity index (χ0) is 41.4. The van der Waals surface area contributed by atoms with E-state index >= 15 is 0 Å². The van der Waals surface area contributed by atoms with Crippen LogP contribution in [0.2, 0.25) is 0 Å². The Morgan fingerprint density at radius 3 is 2.37 bits per heavy atom. The minimum atomic E-state index is -4.02. The van der Waals surface area contributed by atoms with Crippen molar-refractivity contribution in [2.75, 3.05) is 63.9 Å². The summed E-state index contributed by atoms with van der Waals surface area (Å²) in [5.41, 5.74) is 11.8. The molecule has 1 fully saturated rings. The molecular formula is C37H64N8O10P2. The van der Waals surface area contributed by atoms with E-state index in [2.05, 4.69) is 39.0 Å². The van der Waals surface area contributed by atoms with Gasteiger partial charge in [0.1, 0.15) is 30.4 Å². The van der Waals surface area contributed by atoms with Crippen LogP contribution in [0.4, 0.5) is 11.6 Å². The van der Waals surface area contributed by atoms with Crippen molar-refractivity contribution in [3.05, 3.63) is 47.6 Å². The summed E-state index contributed by atoms with van der Waals surface area (Å²) in [7, 11) is -6.58. The molecule has 0 spiro atoms. The molecule has 0 aromatic carbocycles. The van der Waals surface area contributed by atoms with Gasteiger partial charge in [-0.25, -0.2) is 19.7 Å². The van der Waals surface area contributed by atoms with Gasteiger partial charge in [0.25, 0.3) is 0 Å². The lowest BCUT2D eigenvalue weighted by Crippen LogP contribution is -2.32. The van der Waals surface area contributed by atoms with Gasteiger partial charge in [0.05, 0.1) is 58.1 Å². The third-order valence-electron chi connectivity index (χ3n) is 8.95. The quantitative estimate of drug-likeness (QED) is 0.0407. The molecule has 0 amide bonds. The highest BCUT2D eigenvalue weighted by Crippen LogP contribution is 2.45. The molecular weight excluding hydrogens is 778 g/mol. The largest absolute Gasteiger partial charge is 0.394 e. The van der Waals surface area contributed by atoms with Gasteiger partial charge in [-0.2, -0.15) is 4.98 Å². The van der Waals surface area contributed by atoms with Crippen LogP contribution in [0.1, 0.15) is 90.4 Å². The van der Waals surface area contributed by atoms with Gasteiger partial charge in [-0.05, 0) is 38.2 Å². The van der Waals surface area contributed by atoms with Crippen molar-refractivity contribution in [1.82, 2.24) is 29.1 Å². The van der Waals surface area contributed by atoms with Crippen molar-refractivity contribution in [2.45, 2.75) is 116 Å². The molecule has 1 aliphatic rings. The Kier molecular flexibility index (Phi) is 22.8. The average Bonchev–Trinajstić information content (AvgIpc) is 3.60. The third-order valence-corrected chi connectivity index (χ3v) is 11.3. The molecule has 0 radical (unpaired) electrons. The molecule has 6 N–H and O–H groups in total. The number of aliphatic hydroxyl groups excluding tert-OH is 1. The third kappa shape index (κ3) is 20.0. The number of aromatic nitrogens is 6. The summed E-state index contributed by atoms with van der Waals surface area (Å²) in [5, 5.41) is 9.45. The van der Waals surface area contributed by atoms with Gasteiger partial charge in [-0.1, -0.05) is 70.4 Å². The Balaban J connectivity index is 0.000000377. The fourth-order valence-corrected chi connectivity index (χ4v) is 7.61. The first-order chi connectivity index (χ1) is 27.4. The number of hydrogen-bond acceptors (Lipinski definition) is 15. The molecule has 3 aromatic heterocycles. The Hall–Kier alpha value is -3.05. The minimum absolute atomic E-state index is 0.0344. The molecule has 322 valence electrons. The lowest BCUT2D eigenvalue weighted by Gasteiger charge is -2.27. The number of hydrogen-bond donors (Lipinski definition) is 4. The van der Waals surface area contributed by atoms with E-state index in [0.717, 1.165) is 19.3 Å². The fourth-order valence-electron chi connectivity index (χ4n) is 5.74. The normalized spacial score (nSPS) is 18.7. The number of nitrogen functional groups attached to an aromatic ring is 2. The van der Waals surface area contributed by atoms with Crippen molar-refractivity contribution < 1.29 is 42.4 Å². The van der Waals surface area contributed by atoms with Crippen molar-refractivity contribution in [2.24, 2.45) is 0 Å². The summed E-state index contributed by atoms with van der Waals surface area (Å²) in [6.07, 6.45) is 23.7. The summed E-state index contributed by atoms with van der Waals surface area (Å²) in [6.45, 7) is 4.92. The smallest absolute Gasteiger partial charge is 0.353 e. The van der Waals surface area contributed by atoms with E-state index in [0.29, 0.717) is 36.7 Å². The molecule has 57 heavy (non-hydrogen) atoms. The Labute approximate surface area is 335 Å². The van der Waals surface area contributed by atoms with Gasteiger partial charge in [-0.15, -0.1) is 0 Å². The Bertz CT molecular complexity index is 1750.